The van der Waals surface area contributed by atoms with E-state index in [0.29, 0.717) is 63.2 Å². The molecule has 0 bridgehead atoms. The molecular formula is C65H36B3NO8S2. The molecule has 0 spiro atoms. The monoisotopic (exact) mass is 1060 g/mol. The summed E-state index contributed by atoms with van der Waals surface area (Å²) >= 11 is 3.56. The van der Waals surface area contributed by atoms with Crippen molar-refractivity contribution in [1.82, 2.24) is 0 Å². The lowest BCUT2D eigenvalue weighted by atomic mass is 9.31. The summed E-state index contributed by atoms with van der Waals surface area (Å²) in [6.45, 7) is -0.701. The van der Waals surface area contributed by atoms with E-state index in [9.17, 15) is 0 Å². The minimum Gasteiger partial charge on any atom is -0.458 e. The molecule has 12 aromatic rings. The van der Waals surface area contributed by atoms with Gasteiger partial charge in [-0.25, -0.2) is 0 Å². The zero-order valence-electron chi connectivity index (χ0n) is 41.8. The van der Waals surface area contributed by atoms with Gasteiger partial charge in [0.05, 0.1) is 0 Å². The fourth-order valence-corrected chi connectivity index (χ4v) is 15.2. The highest BCUT2D eigenvalue weighted by Gasteiger charge is 2.49. The fraction of sp³-hybridized carbons (Fsp3) is 0.0154. The molecule has 0 saturated carbocycles. The van der Waals surface area contributed by atoms with Crippen molar-refractivity contribution in [1.29, 1.82) is 0 Å². The molecule has 14 heteroatoms. The van der Waals surface area contributed by atoms with Crippen LogP contribution in [0.2, 0.25) is 0 Å². The molecule has 0 atom stereocenters. The van der Waals surface area contributed by atoms with E-state index in [4.69, 9.17) is 37.9 Å². The minimum atomic E-state index is -0.322. The Labute approximate surface area is 461 Å². The first-order valence-electron chi connectivity index (χ1n) is 26.2. The Morgan fingerprint density at radius 2 is 0.722 bits per heavy atom. The third-order valence-corrected chi connectivity index (χ3v) is 18.5. The van der Waals surface area contributed by atoms with E-state index in [1.54, 1.807) is 22.7 Å². The number of rotatable bonds is 6. The number of nitrogens with zero attached hydrogens (tertiary/aromatic N) is 1. The molecule has 0 fully saturated rings. The molecule has 6 aliphatic heterocycles. The van der Waals surface area contributed by atoms with E-state index in [-0.39, 0.29) is 20.1 Å². The number of benzene rings is 10. The standard InChI is InChI=1S/C65H36B3NO8S2/c1-69-47-33-49-44(31-43(47)67-59-48(69)25-38(70-35-15-5-2-6-16-35)26-52(59)76-62-41-21-11-13-23-57(41)78-64(62)67)66-45-32-46-51(34-50(45)74-54-28-39(27-53(73-49)60(54)66)71-36-17-7-3-8-18-36)75-55-29-40(72-37-19-9-4-10-20-37)30-56-61(55)68(46)65-63(77-56)42-22-12-14-24-58(42)79-65/h2-34H,1H3. The molecule has 0 aliphatic carbocycles. The van der Waals surface area contributed by atoms with Crippen LogP contribution in [0.3, 0.4) is 0 Å². The Morgan fingerprint density at radius 3 is 1.24 bits per heavy atom. The molecule has 79 heavy (non-hydrogen) atoms. The van der Waals surface area contributed by atoms with E-state index in [1.165, 1.54) is 4.70 Å². The Morgan fingerprint density at radius 1 is 0.329 bits per heavy atom. The van der Waals surface area contributed by atoms with E-state index >= 15 is 0 Å². The largest absolute Gasteiger partial charge is 0.458 e. The van der Waals surface area contributed by atoms with Gasteiger partial charge < -0.3 is 42.8 Å². The summed E-state index contributed by atoms with van der Waals surface area (Å²) in [7, 11) is 2.12. The Hall–Kier alpha value is -9.49. The highest BCUT2D eigenvalue weighted by molar-refractivity contribution is 7.34. The third-order valence-electron chi connectivity index (χ3n) is 16.1. The number of hydrogen-bond acceptors (Lipinski definition) is 11. The van der Waals surface area contributed by atoms with Gasteiger partial charge in [0.15, 0.2) is 0 Å². The van der Waals surface area contributed by atoms with Crippen molar-refractivity contribution in [2.75, 3.05) is 11.9 Å². The van der Waals surface area contributed by atoms with Gasteiger partial charge in [-0.1, -0.05) is 91.0 Å². The summed E-state index contributed by atoms with van der Waals surface area (Å²) in [4.78, 5) is 2.26. The number of anilines is 2. The Bertz CT molecular complexity index is 4630. The van der Waals surface area contributed by atoms with Crippen LogP contribution < -0.4 is 90.6 Å². The zero-order valence-corrected chi connectivity index (χ0v) is 43.4. The predicted octanol–water partition coefficient (Wildman–Crippen LogP) is 11.7. The molecule has 0 saturated heterocycles. The van der Waals surface area contributed by atoms with Crippen molar-refractivity contribution >= 4 is 122 Å². The molecule has 18 rings (SSSR count). The summed E-state index contributed by atoms with van der Waals surface area (Å²) in [5.41, 5.74) is 9.22. The maximum Gasteiger partial charge on any atom is 0.273 e. The molecule has 10 aromatic carbocycles. The smallest absolute Gasteiger partial charge is 0.273 e. The van der Waals surface area contributed by atoms with E-state index in [2.05, 4.69) is 90.8 Å². The topological polar surface area (TPSA) is 77.1 Å². The highest BCUT2D eigenvalue weighted by atomic mass is 32.1. The molecule has 0 amide bonds. The van der Waals surface area contributed by atoms with Crippen LogP contribution >= 0.6 is 22.7 Å². The average Bonchev–Trinajstić information content (AvgIpc) is 4.28. The first-order chi connectivity index (χ1) is 39.0. The average molecular weight is 1060 g/mol. The summed E-state index contributed by atoms with van der Waals surface area (Å²) in [6.07, 6.45) is 0. The van der Waals surface area contributed by atoms with Crippen molar-refractivity contribution in [2.24, 2.45) is 0 Å². The summed E-state index contributed by atoms with van der Waals surface area (Å²) < 4.78 is 59.7. The number of hydrogen-bond donors (Lipinski definition) is 0. The molecule has 9 nitrogen and oxygen atoms in total. The summed E-state index contributed by atoms with van der Waals surface area (Å²) in [5, 5.41) is 2.15. The first kappa shape index (κ1) is 43.6. The van der Waals surface area contributed by atoms with Crippen molar-refractivity contribution < 1.29 is 37.9 Å². The third kappa shape index (κ3) is 6.47. The second-order valence-electron chi connectivity index (χ2n) is 20.6. The van der Waals surface area contributed by atoms with Gasteiger partial charge >= 0.3 is 0 Å². The molecular weight excluding hydrogens is 1020 g/mol. The lowest BCUT2D eigenvalue weighted by Gasteiger charge is -2.40. The maximum absolute atomic E-state index is 7.22. The predicted molar refractivity (Wildman–Crippen MR) is 318 cm³/mol. The van der Waals surface area contributed by atoms with Gasteiger partial charge in [-0.15, -0.1) is 22.7 Å². The second-order valence-corrected chi connectivity index (χ2v) is 22.8. The molecule has 0 radical (unpaired) electrons. The molecule has 8 heterocycles. The first-order valence-corrected chi connectivity index (χ1v) is 27.9. The van der Waals surface area contributed by atoms with Crippen LogP contribution in [0.25, 0.3) is 20.2 Å². The fourth-order valence-electron chi connectivity index (χ4n) is 12.7. The number of thiophene rings is 2. The van der Waals surface area contributed by atoms with Crippen LogP contribution in [-0.2, 0) is 0 Å². The van der Waals surface area contributed by atoms with Crippen molar-refractivity contribution in [3.8, 4) is 92.0 Å². The molecule has 6 aliphatic rings. The van der Waals surface area contributed by atoms with Gasteiger partial charge in [0, 0.05) is 108 Å². The number of para-hydroxylation sites is 3. The van der Waals surface area contributed by atoms with Gasteiger partial charge in [0.25, 0.3) is 20.1 Å². The zero-order chi connectivity index (χ0) is 51.6. The Kier molecular flexibility index (Phi) is 8.98. The van der Waals surface area contributed by atoms with Crippen molar-refractivity contribution in [3.63, 3.8) is 0 Å². The lowest BCUT2D eigenvalue weighted by molar-refractivity contribution is 0.436. The quantitative estimate of drug-likeness (QED) is 0.151. The van der Waals surface area contributed by atoms with Crippen molar-refractivity contribution in [3.05, 3.63) is 200 Å². The van der Waals surface area contributed by atoms with Crippen LogP contribution in [0.5, 0.6) is 92.0 Å². The van der Waals surface area contributed by atoms with E-state index in [0.717, 1.165) is 103 Å². The molecule has 0 unspecified atom stereocenters. The number of fused-ring (bicyclic) bond motifs is 16. The summed E-state index contributed by atoms with van der Waals surface area (Å²) in [5.74, 6) is 11.4. The van der Waals surface area contributed by atoms with Crippen LogP contribution in [0.4, 0.5) is 11.4 Å². The van der Waals surface area contributed by atoms with Gasteiger partial charge in [-0.2, -0.15) is 0 Å². The van der Waals surface area contributed by atoms with Gasteiger partial charge in [-0.3, -0.25) is 0 Å². The SMILES string of the molecule is CN1c2cc3c(cc2B2c4sc5ccccc5c4Oc4cc(Oc5ccccc5)cc1c42)B1c2cc4c(cc2Oc2cc(Oc5ccccc5)cc(c21)O3)Oc1cc(Oc2ccccc2)cc2c1B4c1sc3ccccc3c1O2. The maximum atomic E-state index is 7.22. The van der Waals surface area contributed by atoms with E-state index in [1.807, 2.05) is 121 Å². The second kappa shape index (κ2) is 16.3. The van der Waals surface area contributed by atoms with Crippen LogP contribution in [0.15, 0.2) is 200 Å². The van der Waals surface area contributed by atoms with Gasteiger partial charge in [0.1, 0.15) is 92.0 Å². The normalized spacial score (nSPS) is 13.8. The van der Waals surface area contributed by atoms with Crippen molar-refractivity contribution in [2.45, 2.75) is 0 Å². The Balaban J connectivity index is 0.848. The lowest BCUT2D eigenvalue weighted by Crippen LogP contribution is -2.63. The van der Waals surface area contributed by atoms with Crippen LogP contribution in [0, 0.1) is 0 Å². The molecule has 370 valence electrons. The van der Waals surface area contributed by atoms with E-state index < -0.39 is 0 Å². The molecule has 0 N–H and O–H groups in total. The van der Waals surface area contributed by atoms with Crippen LogP contribution in [0.1, 0.15) is 0 Å². The summed E-state index contributed by atoms with van der Waals surface area (Å²) in [6, 6.07) is 67.6. The van der Waals surface area contributed by atoms with Gasteiger partial charge in [0.2, 0.25) is 0 Å². The van der Waals surface area contributed by atoms with Gasteiger partial charge in [-0.05, 0) is 88.0 Å². The van der Waals surface area contributed by atoms with Crippen LogP contribution in [-0.4, -0.2) is 27.2 Å². The molecule has 2 aromatic heterocycles. The highest BCUT2D eigenvalue weighted by Crippen LogP contribution is 2.48. The number of ether oxygens (including phenoxy) is 8. The minimum absolute atomic E-state index is 0.161.